The predicted octanol–water partition coefficient (Wildman–Crippen LogP) is 10.1. The number of nitrogens with two attached hydrogens (primary N) is 1. The number of carbonyl (C=O) groups excluding carboxylic acids is 1. The molecule has 0 spiro atoms. The van der Waals surface area contributed by atoms with E-state index in [0.717, 1.165) is 25.7 Å². The summed E-state index contributed by atoms with van der Waals surface area (Å²) in [7, 11) is 0. The topological polar surface area (TPSA) is 61.6 Å². The molecule has 4 nitrogen and oxygen atoms in total. The van der Waals surface area contributed by atoms with Crippen molar-refractivity contribution in [1.29, 1.82) is 0 Å². The molecule has 0 aliphatic rings. The Balaban J connectivity index is 3.87. The lowest BCUT2D eigenvalue weighted by atomic mass is 10.0. The fourth-order valence-corrected chi connectivity index (χ4v) is 5.08. The summed E-state index contributed by atoms with van der Waals surface area (Å²) >= 11 is 0. The first-order chi connectivity index (χ1) is 18.0. The lowest BCUT2D eigenvalue weighted by Crippen LogP contribution is -2.33. The molecule has 2 N–H and O–H groups in total. The predicted molar refractivity (Wildman–Crippen MR) is 161 cm³/mol. The Morgan fingerprint density at radius 3 is 1.35 bits per heavy atom. The molecular weight excluding hydrogens is 458 g/mol. The Kier molecular flexibility index (Phi) is 27.9. The van der Waals surface area contributed by atoms with E-state index in [2.05, 4.69) is 20.8 Å². The van der Waals surface area contributed by atoms with Gasteiger partial charge in [0.05, 0.1) is 12.2 Å². The van der Waals surface area contributed by atoms with E-state index in [9.17, 15) is 4.79 Å². The van der Waals surface area contributed by atoms with Crippen LogP contribution < -0.4 is 5.73 Å². The van der Waals surface area contributed by atoms with E-state index in [-0.39, 0.29) is 12.0 Å². The van der Waals surface area contributed by atoms with Crippen molar-refractivity contribution >= 4 is 5.91 Å². The van der Waals surface area contributed by atoms with Crippen molar-refractivity contribution in [2.45, 2.75) is 200 Å². The maximum absolute atomic E-state index is 11.5. The third-order valence-corrected chi connectivity index (χ3v) is 7.73. The van der Waals surface area contributed by atoms with Crippen LogP contribution in [0.1, 0.15) is 182 Å². The van der Waals surface area contributed by atoms with E-state index >= 15 is 0 Å². The molecule has 0 radical (unpaired) electrons. The van der Waals surface area contributed by atoms with Crippen LogP contribution in [0.3, 0.4) is 0 Å². The van der Waals surface area contributed by atoms with Crippen LogP contribution in [0.15, 0.2) is 0 Å². The minimum Gasteiger partial charge on any atom is -0.378 e. The maximum atomic E-state index is 11.5. The first kappa shape index (κ1) is 36.4. The molecule has 0 fully saturated rings. The monoisotopic (exact) mass is 526 g/mol. The lowest BCUT2D eigenvalue weighted by Gasteiger charge is -2.22. The van der Waals surface area contributed by atoms with Gasteiger partial charge < -0.3 is 15.2 Å². The lowest BCUT2D eigenvalue weighted by molar-refractivity contribution is -0.133. The largest absolute Gasteiger partial charge is 0.378 e. The van der Waals surface area contributed by atoms with Crippen molar-refractivity contribution in [3.63, 3.8) is 0 Å². The molecule has 222 valence electrons. The van der Waals surface area contributed by atoms with E-state index in [1.807, 2.05) is 0 Å². The van der Waals surface area contributed by atoms with Crippen molar-refractivity contribution < 1.29 is 14.3 Å². The third kappa shape index (κ3) is 26.8. The molecular formula is C33H67NO3. The molecule has 0 aliphatic heterocycles. The summed E-state index contributed by atoms with van der Waals surface area (Å²) in [5.74, 6) is -0.376. The fourth-order valence-electron chi connectivity index (χ4n) is 5.08. The van der Waals surface area contributed by atoms with Gasteiger partial charge in [-0.25, -0.2) is 0 Å². The van der Waals surface area contributed by atoms with Crippen LogP contribution in [0.2, 0.25) is 0 Å². The molecule has 0 saturated carbocycles. The highest BCUT2D eigenvalue weighted by atomic mass is 16.5. The average Bonchev–Trinajstić information content (AvgIpc) is 2.88. The zero-order valence-corrected chi connectivity index (χ0v) is 25.7. The van der Waals surface area contributed by atoms with E-state index in [1.54, 1.807) is 6.92 Å². The summed E-state index contributed by atoms with van der Waals surface area (Å²) in [6.45, 7) is 9.21. The summed E-state index contributed by atoms with van der Waals surface area (Å²) in [5, 5.41) is 0. The normalized spacial score (nSPS) is 14.1. The third-order valence-electron chi connectivity index (χ3n) is 7.73. The van der Waals surface area contributed by atoms with Gasteiger partial charge in [0.2, 0.25) is 5.91 Å². The summed E-state index contributed by atoms with van der Waals surface area (Å²) in [4.78, 5) is 11.5. The minimum absolute atomic E-state index is 0.0607. The smallest absolute Gasteiger partial charge is 0.246 e. The number of rotatable bonds is 30. The van der Waals surface area contributed by atoms with Crippen LogP contribution in [0.4, 0.5) is 0 Å². The highest BCUT2D eigenvalue weighted by molar-refractivity contribution is 5.78. The van der Waals surface area contributed by atoms with Gasteiger partial charge in [-0.2, -0.15) is 0 Å². The van der Waals surface area contributed by atoms with Crippen LogP contribution in [-0.4, -0.2) is 30.8 Å². The van der Waals surface area contributed by atoms with Gasteiger partial charge in [0.25, 0.3) is 0 Å². The number of carbonyl (C=O) groups is 1. The van der Waals surface area contributed by atoms with Gasteiger partial charge in [0.1, 0.15) is 6.10 Å². The number of amides is 1. The minimum atomic E-state index is -0.526. The Morgan fingerprint density at radius 1 is 0.568 bits per heavy atom. The fraction of sp³-hybridized carbons (Fsp3) is 0.970. The number of primary amides is 1. The van der Waals surface area contributed by atoms with Crippen molar-refractivity contribution in [3.05, 3.63) is 0 Å². The SMILES string of the molecule is CCCCCCCCCCCCCCCC(CCOC(C)CCCCCCCCCC)OC(C)C(N)=O. The molecule has 0 aliphatic carbocycles. The molecule has 0 saturated heterocycles. The highest BCUT2D eigenvalue weighted by Crippen LogP contribution is 2.17. The standard InChI is InChI=1S/C33H67NO3/c1-5-7-9-11-13-15-16-17-18-19-21-23-25-27-32(37-31(4)33(34)35)28-29-36-30(3)26-24-22-20-14-12-10-8-6-2/h30-32H,5-29H2,1-4H3,(H2,34,35). The first-order valence-electron chi connectivity index (χ1n) is 16.6. The van der Waals surface area contributed by atoms with Gasteiger partial charge in [0, 0.05) is 6.61 Å². The van der Waals surface area contributed by atoms with Gasteiger partial charge in [-0.3, -0.25) is 4.79 Å². The van der Waals surface area contributed by atoms with Crippen molar-refractivity contribution in [1.82, 2.24) is 0 Å². The molecule has 3 unspecified atom stereocenters. The molecule has 0 aromatic carbocycles. The molecule has 0 rings (SSSR count). The van der Waals surface area contributed by atoms with Crippen LogP contribution >= 0.6 is 0 Å². The van der Waals surface area contributed by atoms with Crippen molar-refractivity contribution in [2.24, 2.45) is 5.73 Å². The molecule has 1 amide bonds. The Hall–Kier alpha value is -0.610. The van der Waals surface area contributed by atoms with E-state index < -0.39 is 6.10 Å². The zero-order chi connectivity index (χ0) is 27.4. The van der Waals surface area contributed by atoms with Gasteiger partial charge in [-0.1, -0.05) is 149 Å². The van der Waals surface area contributed by atoms with Crippen LogP contribution in [0, 0.1) is 0 Å². The molecule has 0 aromatic heterocycles. The van der Waals surface area contributed by atoms with Crippen molar-refractivity contribution in [3.8, 4) is 0 Å². The van der Waals surface area contributed by atoms with E-state index in [1.165, 1.54) is 128 Å². The summed E-state index contributed by atoms with van der Waals surface area (Å²) < 4.78 is 12.1. The quantitative estimate of drug-likeness (QED) is 0.0949. The van der Waals surface area contributed by atoms with Gasteiger partial charge >= 0.3 is 0 Å². The molecule has 0 heterocycles. The maximum Gasteiger partial charge on any atom is 0.246 e. The van der Waals surface area contributed by atoms with Gasteiger partial charge in [0.15, 0.2) is 0 Å². The van der Waals surface area contributed by atoms with Gasteiger partial charge in [-0.05, 0) is 33.1 Å². The number of hydrogen-bond acceptors (Lipinski definition) is 3. The van der Waals surface area contributed by atoms with Crippen molar-refractivity contribution in [2.75, 3.05) is 6.61 Å². The number of hydrogen-bond donors (Lipinski definition) is 1. The second-order valence-corrected chi connectivity index (χ2v) is 11.6. The summed E-state index contributed by atoms with van der Waals surface area (Å²) in [6, 6.07) is 0. The first-order valence-corrected chi connectivity index (χ1v) is 16.6. The second-order valence-electron chi connectivity index (χ2n) is 11.6. The van der Waals surface area contributed by atoms with E-state index in [4.69, 9.17) is 15.2 Å². The van der Waals surface area contributed by atoms with Crippen LogP contribution in [-0.2, 0) is 14.3 Å². The molecule has 0 bridgehead atoms. The second kappa shape index (κ2) is 28.4. The van der Waals surface area contributed by atoms with E-state index in [0.29, 0.717) is 12.7 Å². The molecule has 37 heavy (non-hydrogen) atoms. The average molecular weight is 526 g/mol. The Morgan fingerprint density at radius 2 is 0.946 bits per heavy atom. The van der Waals surface area contributed by atoms with Gasteiger partial charge in [-0.15, -0.1) is 0 Å². The Bertz CT molecular complexity index is 470. The Labute approximate surface area is 232 Å². The molecule has 0 aromatic rings. The summed E-state index contributed by atoms with van der Waals surface area (Å²) in [6.07, 6.45) is 31.3. The molecule has 4 heteroatoms. The zero-order valence-electron chi connectivity index (χ0n) is 25.7. The van der Waals surface area contributed by atoms with Crippen LogP contribution in [0.25, 0.3) is 0 Å². The number of unbranched alkanes of at least 4 members (excludes halogenated alkanes) is 19. The summed E-state index contributed by atoms with van der Waals surface area (Å²) in [5.41, 5.74) is 5.45. The highest BCUT2D eigenvalue weighted by Gasteiger charge is 2.17. The molecule has 3 atom stereocenters. The van der Waals surface area contributed by atoms with Crippen LogP contribution in [0.5, 0.6) is 0 Å². The number of ether oxygens (including phenoxy) is 2.